The number of nitrogens with one attached hydrogen (secondary N) is 1. The summed E-state index contributed by atoms with van der Waals surface area (Å²) in [6.45, 7) is 2.98. The minimum absolute atomic E-state index is 0.00371. The molecule has 15 heavy (non-hydrogen) atoms. The Morgan fingerprint density at radius 1 is 1.80 bits per heavy atom. The van der Waals surface area contributed by atoms with E-state index in [9.17, 15) is 4.79 Å². The average molecular weight is 246 g/mol. The first-order valence-corrected chi connectivity index (χ1v) is 6.71. The van der Waals surface area contributed by atoms with E-state index in [0.717, 1.165) is 11.7 Å². The Labute approximate surface area is 97.1 Å². The number of carbonyl (C=O) groups is 1. The van der Waals surface area contributed by atoms with Gasteiger partial charge in [0.05, 0.1) is 12.1 Å². The zero-order valence-corrected chi connectivity index (χ0v) is 10.3. The molecule has 0 aliphatic heterocycles. The van der Waals surface area contributed by atoms with Crippen molar-refractivity contribution in [3.05, 3.63) is 11.1 Å². The number of thioether (sulfide) groups is 1. The molecule has 1 heterocycles. The Bertz CT molecular complexity index is 328. The molecule has 0 radical (unpaired) electrons. The van der Waals surface area contributed by atoms with Crippen LogP contribution in [0.3, 0.4) is 0 Å². The van der Waals surface area contributed by atoms with Gasteiger partial charge < -0.3 is 10.4 Å². The highest BCUT2D eigenvalue weighted by atomic mass is 32.2. The van der Waals surface area contributed by atoms with E-state index in [1.165, 1.54) is 11.3 Å². The number of carboxylic acids is 1. The third-order valence-corrected chi connectivity index (χ3v) is 3.65. The molecule has 0 fully saturated rings. The molecule has 0 bridgehead atoms. The number of hydrogen-bond acceptors (Lipinski definition) is 5. The standard InChI is InChI=1S/C9H14N2O2S2/c1-6(14-2)4-10-9-11-7(5-15-9)3-8(12)13/h5-6H,3-4H2,1-2H3,(H,10,11)(H,12,13). The number of aromatic nitrogens is 1. The molecule has 0 aromatic carbocycles. The Kier molecular flexibility index (Phi) is 4.90. The van der Waals surface area contributed by atoms with E-state index in [0.29, 0.717) is 10.9 Å². The highest BCUT2D eigenvalue weighted by molar-refractivity contribution is 7.99. The van der Waals surface area contributed by atoms with Crippen molar-refractivity contribution < 1.29 is 9.90 Å². The van der Waals surface area contributed by atoms with E-state index in [-0.39, 0.29) is 6.42 Å². The number of anilines is 1. The highest BCUT2D eigenvalue weighted by Crippen LogP contribution is 2.16. The number of carboxylic acid groups (broad SMARTS) is 1. The van der Waals surface area contributed by atoms with Gasteiger partial charge in [-0.2, -0.15) is 11.8 Å². The monoisotopic (exact) mass is 246 g/mol. The van der Waals surface area contributed by atoms with Crippen LogP contribution in [0.25, 0.3) is 0 Å². The fraction of sp³-hybridized carbons (Fsp3) is 0.556. The highest BCUT2D eigenvalue weighted by Gasteiger charge is 2.06. The average Bonchev–Trinajstić information content (AvgIpc) is 2.61. The number of thiazole rings is 1. The molecule has 0 saturated heterocycles. The van der Waals surface area contributed by atoms with Crippen molar-refractivity contribution in [3.8, 4) is 0 Å². The lowest BCUT2D eigenvalue weighted by Crippen LogP contribution is -2.12. The Hall–Kier alpha value is -0.750. The molecule has 6 heteroatoms. The lowest BCUT2D eigenvalue weighted by atomic mass is 10.3. The summed E-state index contributed by atoms with van der Waals surface area (Å²) >= 11 is 3.23. The molecule has 0 amide bonds. The fourth-order valence-electron chi connectivity index (χ4n) is 0.939. The maximum atomic E-state index is 10.4. The minimum Gasteiger partial charge on any atom is -0.481 e. The van der Waals surface area contributed by atoms with Gasteiger partial charge in [-0.05, 0) is 6.26 Å². The van der Waals surface area contributed by atoms with E-state index in [1.54, 1.807) is 17.1 Å². The van der Waals surface area contributed by atoms with Crippen LogP contribution in [-0.4, -0.2) is 34.1 Å². The van der Waals surface area contributed by atoms with Gasteiger partial charge in [0.1, 0.15) is 0 Å². The molecule has 2 N–H and O–H groups in total. The second-order valence-corrected chi connectivity index (χ2v) is 5.28. The SMILES string of the molecule is CSC(C)CNc1nc(CC(=O)O)cs1. The summed E-state index contributed by atoms with van der Waals surface area (Å²) in [7, 11) is 0. The lowest BCUT2D eigenvalue weighted by molar-refractivity contribution is -0.136. The molecule has 84 valence electrons. The summed E-state index contributed by atoms with van der Waals surface area (Å²) in [4.78, 5) is 14.6. The van der Waals surface area contributed by atoms with Gasteiger partial charge in [0.25, 0.3) is 0 Å². The van der Waals surface area contributed by atoms with Crippen molar-refractivity contribution in [2.75, 3.05) is 18.1 Å². The smallest absolute Gasteiger partial charge is 0.309 e. The predicted octanol–water partition coefficient (Wildman–Crippen LogP) is 1.93. The van der Waals surface area contributed by atoms with Gasteiger partial charge in [-0.25, -0.2) is 4.98 Å². The van der Waals surface area contributed by atoms with Crippen molar-refractivity contribution >= 4 is 34.2 Å². The summed E-state index contributed by atoms with van der Waals surface area (Å²) < 4.78 is 0. The molecule has 0 aliphatic rings. The topological polar surface area (TPSA) is 62.2 Å². The van der Waals surface area contributed by atoms with Gasteiger partial charge in [-0.3, -0.25) is 4.79 Å². The number of rotatable bonds is 6. The van der Waals surface area contributed by atoms with Gasteiger partial charge in [0, 0.05) is 17.2 Å². The minimum atomic E-state index is -0.843. The molecule has 1 aromatic heterocycles. The number of nitrogens with zero attached hydrogens (tertiary/aromatic N) is 1. The maximum absolute atomic E-state index is 10.4. The molecule has 1 atom stereocenters. The predicted molar refractivity (Wildman–Crippen MR) is 64.9 cm³/mol. The summed E-state index contributed by atoms with van der Waals surface area (Å²) in [5.74, 6) is -0.843. The Balaban J connectivity index is 2.42. The van der Waals surface area contributed by atoms with Crippen molar-refractivity contribution in [2.24, 2.45) is 0 Å². The molecule has 1 unspecified atom stereocenters. The van der Waals surface area contributed by atoms with Crippen LogP contribution in [-0.2, 0) is 11.2 Å². The van der Waals surface area contributed by atoms with Crippen LogP contribution >= 0.6 is 23.1 Å². The van der Waals surface area contributed by atoms with Gasteiger partial charge in [0.2, 0.25) is 0 Å². The molecule has 0 aliphatic carbocycles. The quantitative estimate of drug-likeness (QED) is 0.803. The zero-order valence-electron chi connectivity index (χ0n) is 8.69. The first-order chi connectivity index (χ1) is 7.11. The molecular weight excluding hydrogens is 232 g/mol. The van der Waals surface area contributed by atoms with Gasteiger partial charge in [-0.15, -0.1) is 11.3 Å². The Morgan fingerprint density at radius 3 is 3.13 bits per heavy atom. The second kappa shape index (κ2) is 5.97. The van der Waals surface area contributed by atoms with Crippen LogP contribution in [0.5, 0.6) is 0 Å². The van der Waals surface area contributed by atoms with E-state index in [4.69, 9.17) is 5.11 Å². The van der Waals surface area contributed by atoms with Gasteiger partial charge in [0.15, 0.2) is 5.13 Å². The van der Waals surface area contributed by atoms with Crippen LogP contribution in [0.2, 0.25) is 0 Å². The van der Waals surface area contributed by atoms with E-state index >= 15 is 0 Å². The van der Waals surface area contributed by atoms with Crippen LogP contribution in [0.15, 0.2) is 5.38 Å². The largest absolute Gasteiger partial charge is 0.481 e. The molecule has 0 saturated carbocycles. The van der Waals surface area contributed by atoms with Crippen LogP contribution in [0, 0.1) is 0 Å². The van der Waals surface area contributed by atoms with Crippen LogP contribution in [0.4, 0.5) is 5.13 Å². The van der Waals surface area contributed by atoms with E-state index in [1.807, 2.05) is 0 Å². The zero-order chi connectivity index (χ0) is 11.3. The van der Waals surface area contributed by atoms with Gasteiger partial charge >= 0.3 is 5.97 Å². The third kappa shape index (κ3) is 4.53. The van der Waals surface area contributed by atoms with Crippen molar-refractivity contribution in [3.63, 3.8) is 0 Å². The van der Waals surface area contributed by atoms with E-state index in [2.05, 4.69) is 23.5 Å². The maximum Gasteiger partial charge on any atom is 0.309 e. The molecule has 4 nitrogen and oxygen atoms in total. The Morgan fingerprint density at radius 2 is 2.53 bits per heavy atom. The molecule has 1 aromatic rings. The summed E-state index contributed by atoms with van der Waals surface area (Å²) in [6, 6.07) is 0. The molecule has 1 rings (SSSR count). The normalized spacial score (nSPS) is 12.4. The van der Waals surface area contributed by atoms with E-state index < -0.39 is 5.97 Å². The second-order valence-electron chi connectivity index (χ2n) is 3.14. The van der Waals surface area contributed by atoms with Crippen molar-refractivity contribution in [2.45, 2.75) is 18.6 Å². The number of hydrogen-bond donors (Lipinski definition) is 2. The van der Waals surface area contributed by atoms with Crippen molar-refractivity contribution in [1.29, 1.82) is 0 Å². The first-order valence-electron chi connectivity index (χ1n) is 4.54. The summed E-state index contributed by atoms with van der Waals surface area (Å²) in [6.07, 6.45) is 2.06. The number of aliphatic carboxylic acids is 1. The van der Waals surface area contributed by atoms with Crippen LogP contribution in [0.1, 0.15) is 12.6 Å². The molecular formula is C9H14N2O2S2. The third-order valence-electron chi connectivity index (χ3n) is 1.83. The van der Waals surface area contributed by atoms with Crippen molar-refractivity contribution in [1.82, 2.24) is 4.98 Å². The summed E-state index contributed by atoms with van der Waals surface area (Å²) in [5.41, 5.74) is 0.617. The van der Waals surface area contributed by atoms with Crippen LogP contribution < -0.4 is 5.32 Å². The summed E-state index contributed by atoms with van der Waals surface area (Å²) in [5, 5.41) is 14.9. The molecule has 0 spiro atoms. The first kappa shape index (κ1) is 12.3. The fourth-order valence-corrected chi connectivity index (χ4v) is 1.91. The van der Waals surface area contributed by atoms with Gasteiger partial charge in [-0.1, -0.05) is 6.92 Å². The lowest BCUT2D eigenvalue weighted by Gasteiger charge is -2.07.